The van der Waals surface area contributed by atoms with Crippen molar-refractivity contribution in [1.82, 2.24) is 9.97 Å². The average molecular weight is 349 g/mol. The highest BCUT2D eigenvalue weighted by atomic mass is 19.1. The molecule has 5 nitrogen and oxygen atoms in total. The zero-order valence-electron chi connectivity index (χ0n) is 13.8. The third-order valence-corrected chi connectivity index (χ3v) is 4.22. The Kier molecular flexibility index (Phi) is 3.73. The second-order valence-corrected chi connectivity index (χ2v) is 5.88. The van der Waals surface area contributed by atoms with Crippen LogP contribution in [-0.2, 0) is 0 Å². The minimum Gasteiger partial charge on any atom is -0.363 e. The third kappa shape index (κ3) is 2.62. The van der Waals surface area contributed by atoms with Crippen molar-refractivity contribution >= 4 is 17.2 Å². The highest BCUT2D eigenvalue weighted by molar-refractivity contribution is 5.81. The van der Waals surface area contributed by atoms with E-state index in [-0.39, 0.29) is 11.4 Å². The molecule has 1 aliphatic rings. The highest BCUT2D eigenvalue weighted by Crippen LogP contribution is 2.38. The summed E-state index contributed by atoms with van der Waals surface area (Å²) in [6.07, 6.45) is 0. The molecule has 128 valence electrons. The molecule has 0 atom stereocenters. The first-order chi connectivity index (χ1) is 12.6. The number of benzene rings is 2. The van der Waals surface area contributed by atoms with Crippen LogP contribution in [0.5, 0.6) is 0 Å². The predicted octanol–water partition coefficient (Wildman–Crippen LogP) is 4.12. The Labute approximate surface area is 148 Å². The highest BCUT2D eigenvalue weighted by Gasteiger charge is 2.26. The number of hydrogen-bond acceptors (Lipinski definition) is 5. The van der Waals surface area contributed by atoms with E-state index >= 15 is 0 Å². The molecule has 26 heavy (non-hydrogen) atoms. The second-order valence-electron chi connectivity index (χ2n) is 5.88. The van der Waals surface area contributed by atoms with Crippen molar-refractivity contribution in [2.45, 2.75) is 6.92 Å². The fourth-order valence-electron chi connectivity index (χ4n) is 2.91. The molecule has 2 heterocycles. The lowest BCUT2D eigenvalue weighted by molar-refractivity contribution is 0.585. The molecule has 0 unspecified atom stereocenters. The van der Waals surface area contributed by atoms with Gasteiger partial charge in [0.1, 0.15) is 17.3 Å². The van der Waals surface area contributed by atoms with Crippen LogP contribution in [0, 0.1) is 29.9 Å². The zero-order chi connectivity index (χ0) is 18.3. The zero-order valence-corrected chi connectivity index (χ0v) is 13.8. The van der Waals surface area contributed by atoms with Crippen molar-refractivity contribution in [2.75, 3.05) is 16.9 Å². The van der Waals surface area contributed by atoms with Crippen LogP contribution >= 0.6 is 0 Å². The molecule has 7 heteroatoms. The Hall–Kier alpha value is -3.53. The molecule has 1 N–H and O–H groups in total. The van der Waals surface area contributed by atoms with Crippen LogP contribution in [-0.4, -0.2) is 16.6 Å². The lowest BCUT2D eigenvalue weighted by atomic mass is 10.2. The first-order valence-electron chi connectivity index (χ1n) is 7.92. The number of anilines is 3. The Morgan fingerprint density at radius 1 is 1.12 bits per heavy atom. The van der Waals surface area contributed by atoms with E-state index in [9.17, 15) is 8.78 Å². The summed E-state index contributed by atoms with van der Waals surface area (Å²) in [5.74, 6) is -0.549. The van der Waals surface area contributed by atoms with Crippen molar-refractivity contribution in [2.24, 2.45) is 0 Å². The van der Waals surface area contributed by atoms with E-state index in [0.717, 1.165) is 17.4 Å². The summed E-state index contributed by atoms with van der Waals surface area (Å²) < 4.78 is 27.3. The predicted molar refractivity (Wildman–Crippen MR) is 93.9 cm³/mol. The van der Waals surface area contributed by atoms with E-state index in [0.29, 0.717) is 23.7 Å². The summed E-state index contributed by atoms with van der Waals surface area (Å²) in [7, 11) is 0. The molecule has 0 aliphatic carbocycles. The standard InChI is InChI=1S/C19H13F2N5/c1-11-17-19(25-18(24-11)15-7-4-13(20)8-16(15)21)26(10-23-17)14-5-2-12(9-22)3-6-14/h2-8,23H,10H2,1H3. The molecule has 0 spiro atoms. The molecule has 3 aromatic rings. The van der Waals surface area contributed by atoms with Crippen LogP contribution < -0.4 is 10.2 Å². The first-order valence-corrected chi connectivity index (χ1v) is 7.92. The van der Waals surface area contributed by atoms with Gasteiger partial charge < -0.3 is 10.2 Å². The number of fused-ring (bicyclic) bond motifs is 1. The molecule has 0 saturated heterocycles. The van der Waals surface area contributed by atoms with Crippen molar-refractivity contribution in [3.8, 4) is 17.5 Å². The average Bonchev–Trinajstić information content (AvgIpc) is 3.06. The minimum atomic E-state index is -0.708. The number of nitrogens with zero attached hydrogens (tertiary/aromatic N) is 4. The van der Waals surface area contributed by atoms with Gasteiger partial charge in [0.2, 0.25) is 0 Å². The summed E-state index contributed by atoms with van der Waals surface area (Å²) >= 11 is 0. The fraction of sp³-hybridized carbons (Fsp3) is 0.105. The molecule has 0 bridgehead atoms. The van der Waals surface area contributed by atoms with Gasteiger partial charge in [-0.05, 0) is 43.3 Å². The fourth-order valence-corrected chi connectivity index (χ4v) is 2.91. The maximum absolute atomic E-state index is 14.1. The maximum Gasteiger partial charge on any atom is 0.164 e. The first kappa shape index (κ1) is 16.0. The van der Waals surface area contributed by atoms with Gasteiger partial charge in [0.15, 0.2) is 11.6 Å². The van der Waals surface area contributed by atoms with E-state index in [4.69, 9.17) is 5.26 Å². The van der Waals surface area contributed by atoms with Gasteiger partial charge >= 0.3 is 0 Å². The largest absolute Gasteiger partial charge is 0.363 e. The molecule has 0 saturated carbocycles. The van der Waals surface area contributed by atoms with Crippen molar-refractivity contribution < 1.29 is 8.78 Å². The lowest BCUT2D eigenvalue weighted by Gasteiger charge is -2.17. The Morgan fingerprint density at radius 2 is 1.88 bits per heavy atom. The summed E-state index contributed by atoms with van der Waals surface area (Å²) in [5.41, 5.74) is 2.99. The summed E-state index contributed by atoms with van der Waals surface area (Å²) in [4.78, 5) is 10.8. The van der Waals surface area contributed by atoms with Crippen molar-refractivity contribution in [3.63, 3.8) is 0 Å². The van der Waals surface area contributed by atoms with Crippen LogP contribution in [0.3, 0.4) is 0 Å². The maximum atomic E-state index is 14.1. The number of nitriles is 1. The number of aromatic nitrogens is 2. The molecule has 0 radical (unpaired) electrons. The van der Waals surface area contributed by atoms with Crippen molar-refractivity contribution in [3.05, 3.63) is 65.4 Å². The second kappa shape index (κ2) is 6.08. The van der Waals surface area contributed by atoms with Crippen LogP contribution in [0.25, 0.3) is 11.4 Å². The van der Waals surface area contributed by atoms with Gasteiger partial charge in [0, 0.05) is 11.8 Å². The quantitative estimate of drug-likeness (QED) is 0.754. The number of rotatable bonds is 2. The van der Waals surface area contributed by atoms with Gasteiger partial charge in [-0.3, -0.25) is 0 Å². The van der Waals surface area contributed by atoms with E-state index in [2.05, 4.69) is 21.4 Å². The Morgan fingerprint density at radius 3 is 2.58 bits per heavy atom. The van der Waals surface area contributed by atoms with Gasteiger partial charge in [0.05, 0.1) is 29.6 Å². The monoisotopic (exact) mass is 349 g/mol. The van der Waals surface area contributed by atoms with Crippen LogP contribution in [0.2, 0.25) is 0 Å². The summed E-state index contributed by atoms with van der Waals surface area (Å²) in [6.45, 7) is 2.28. The van der Waals surface area contributed by atoms with Crippen LogP contribution in [0.4, 0.5) is 26.0 Å². The Bertz CT molecular complexity index is 1040. The SMILES string of the molecule is Cc1nc(-c2ccc(F)cc2F)nc2c1NCN2c1ccc(C#N)cc1. The van der Waals surface area contributed by atoms with E-state index in [1.807, 2.05) is 17.0 Å². The molecular formula is C19H13F2N5. The smallest absolute Gasteiger partial charge is 0.164 e. The molecular weight excluding hydrogens is 336 g/mol. The number of nitrogens with one attached hydrogen (secondary N) is 1. The normalized spacial score (nSPS) is 12.5. The van der Waals surface area contributed by atoms with Gasteiger partial charge in [-0.25, -0.2) is 18.7 Å². The van der Waals surface area contributed by atoms with E-state index in [1.54, 1.807) is 19.1 Å². The van der Waals surface area contributed by atoms with Gasteiger partial charge in [-0.15, -0.1) is 0 Å². The van der Waals surface area contributed by atoms with E-state index in [1.165, 1.54) is 12.1 Å². The Balaban J connectivity index is 1.80. The minimum absolute atomic E-state index is 0.143. The number of hydrogen-bond donors (Lipinski definition) is 1. The lowest BCUT2D eigenvalue weighted by Crippen LogP contribution is -2.17. The van der Waals surface area contributed by atoms with Gasteiger partial charge in [-0.2, -0.15) is 5.26 Å². The number of halogens is 2. The van der Waals surface area contributed by atoms with Crippen LogP contribution in [0.15, 0.2) is 42.5 Å². The third-order valence-electron chi connectivity index (χ3n) is 4.22. The molecule has 2 aromatic carbocycles. The van der Waals surface area contributed by atoms with E-state index < -0.39 is 11.6 Å². The van der Waals surface area contributed by atoms with Gasteiger partial charge in [-0.1, -0.05) is 0 Å². The molecule has 0 fully saturated rings. The topological polar surface area (TPSA) is 64.8 Å². The van der Waals surface area contributed by atoms with Crippen LogP contribution in [0.1, 0.15) is 11.3 Å². The molecule has 4 rings (SSSR count). The van der Waals surface area contributed by atoms with Crippen molar-refractivity contribution in [1.29, 1.82) is 5.26 Å². The summed E-state index contributed by atoms with van der Waals surface area (Å²) in [5, 5.41) is 12.2. The number of aryl methyl sites for hydroxylation is 1. The molecule has 0 amide bonds. The van der Waals surface area contributed by atoms with Gasteiger partial charge in [0.25, 0.3) is 0 Å². The molecule has 1 aliphatic heterocycles. The summed E-state index contributed by atoms with van der Waals surface area (Å²) in [6, 6.07) is 12.5. The molecule has 1 aromatic heterocycles.